The number of benzene rings is 1. The molecule has 108 valence electrons. The van der Waals surface area contributed by atoms with Gasteiger partial charge in [0.2, 0.25) is 5.95 Å². The third kappa shape index (κ3) is 3.38. The molecule has 0 radical (unpaired) electrons. The number of hydrogen-bond donors (Lipinski definition) is 1. The predicted molar refractivity (Wildman–Crippen MR) is 80.3 cm³/mol. The van der Waals surface area contributed by atoms with E-state index in [9.17, 15) is 4.39 Å². The summed E-state index contributed by atoms with van der Waals surface area (Å²) in [5, 5.41) is 3.32. The van der Waals surface area contributed by atoms with Gasteiger partial charge in [-0.2, -0.15) is 0 Å². The normalized spacial score (nSPS) is 11.1. The van der Waals surface area contributed by atoms with Gasteiger partial charge in [0.25, 0.3) is 0 Å². The topological polar surface area (TPSA) is 29.9 Å². The van der Waals surface area contributed by atoms with E-state index in [2.05, 4.69) is 28.7 Å². The minimum Gasteiger partial charge on any atom is -0.352 e. The molecule has 0 aliphatic heterocycles. The highest BCUT2D eigenvalue weighted by molar-refractivity contribution is 5.34. The molecule has 0 amide bonds. The van der Waals surface area contributed by atoms with Crippen LogP contribution in [0.15, 0.2) is 24.5 Å². The molecule has 1 aromatic heterocycles. The first kappa shape index (κ1) is 14.6. The molecule has 0 saturated heterocycles. The second-order valence-corrected chi connectivity index (χ2v) is 5.69. The summed E-state index contributed by atoms with van der Waals surface area (Å²) in [6.07, 6.45) is 3.77. The zero-order valence-corrected chi connectivity index (χ0v) is 12.6. The molecule has 0 aliphatic carbocycles. The van der Waals surface area contributed by atoms with Crippen LogP contribution in [0.2, 0.25) is 0 Å². The van der Waals surface area contributed by atoms with Gasteiger partial charge in [-0.25, -0.2) is 9.37 Å². The summed E-state index contributed by atoms with van der Waals surface area (Å²) >= 11 is 0. The maximum absolute atomic E-state index is 13.6. The maximum atomic E-state index is 13.6. The molecule has 4 heteroatoms. The van der Waals surface area contributed by atoms with E-state index in [-0.39, 0.29) is 5.82 Å². The van der Waals surface area contributed by atoms with Gasteiger partial charge in [-0.1, -0.05) is 26.0 Å². The maximum Gasteiger partial charge on any atom is 0.203 e. The van der Waals surface area contributed by atoms with Crippen LogP contribution in [0, 0.1) is 25.6 Å². The average Bonchev–Trinajstić information content (AvgIpc) is 2.79. The summed E-state index contributed by atoms with van der Waals surface area (Å²) in [7, 11) is 0. The Morgan fingerprint density at radius 3 is 2.50 bits per heavy atom. The summed E-state index contributed by atoms with van der Waals surface area (Å²) in [5.41, 5.74) is 2.44. The average molecular weight is 275 g/mol. The zero-order chi connectivity index (χ0) is 14.7. The molecule has 0 bridgehead atoms. The van der Waals surface area contributed by atoms with Crippen molar-refractivity contribution >= 4 is 5.95 Å². The molecule has 1 aromatic carbocycles. The number of nitrogens with one attached hydrogen (secondary N) is 1. The molecule has 0 atom stereocenters. The second kappa shape index (κ2) is 6.07. The van der Waals surface area contributed by atoms with E-state index in [1.54, 1.807) is 20.0 Å². The number of rotatable bonds is 5. The molecule has 0 unspecified atom stereocenters. The van der Waals surface area contributed by atoms with Crippen LogP contribution >= 0.6 is 0 Å². The summed E-state index contributed by atoms with van der Waals surface area (Å²) in [5.74, 6) is 1.31. The molecule has 0 spiro atoms. The van der Waals surface area contributed by atoms with E-state index in [1.807, 2.05) is 18.3 Å². The van der Waals surface area contributed by atoms with Crippen LogP contribution < -0.4 is 5.32 Å². The van der Waals surface area contributed by atoms with Gasteiger partial charge in [0.05, 0.1) is 0 Å². The lowest BCUT2D eigenvalue weighted by molar-refractivity contribution is 0.526. The van der Waals surface area contributed by atoms with E-state index in [0.717, 1.165) is 18.1 Å². The standard InChI is InChI=1S/C16H22FN3/c1-11(2)10-20-6-5-18-16(20)19-9-14-7-12(3)15(17)13(4)8-14/h5-8,11H,9-10H2,1-4H3,(H,18,19). The van der Waals surface area contributed by atoms with Crippen LogP contribution in [-0.4, -0.2) is 9.55 Å². The van der Waals surface area contributed by atoms with E-state index < -0.39 is 0 Å². The quantitative estimate of drug-likeness (QED) is 0.896. The van der Waals surface area contributed by atoms with Crippen LogP contribution in [0.3, 0.4) is 0 Å². The van der Waals surface area contributed by atoms with Crippen molar-refractivity contribution in [2.75, 3.05) is 5.32 Å². The van der Waals surface area contributed by atoms with Crippen molar-refractivity contribution < 1.29 is 4.39 Å². The first-order valence-electron chi connectivity index (χ1n) is 6.98. The minimum atomic E-state index is -0.116. The lowest BCUT2D eigenvalue weighted by Crippen LogP contribution is -2.10. The van der Waals surface area contributed by atoms with Crippen LogP contribution in [0.5, 0.6) is 0 Å². The van der Waals surface area contributed by atoms with Gasteiger partial charge in [-0.15, -0.1) is 0 Å². The van der Waals surface area contributed by atoms with Gasteiger partial charge >= 0.3 is 0 Å². The predicted octanol–water partition coefficient (Wildman–Crippen LogP) is 3.91. The van der Waals surface area contributed by atoms with Gasteiger partial charge in [-0.3, -0.25) is 0 Å². The fraction of sp³-hybridized carbons (Fsp3) is 0.438. The summed E-state index contributed by atoms with van der Waals surface area (Å²) in [4.78, 5) is 4.32. The number of imidazole rings is 1. The summed E-state index contributed by atoms with van der Waals surface area (Å²) in [6, 6.07) is 3.76. The third-order valence-electron chi connectivity index (χ3n) is 3.22. The highest BCUT2D eigenvalue weighted by Gasteiger charge is 2.07. The van der Waals surface area contributed by atoms with E-state index in [0.29, 0.717) is 23.6 Å². The number of aryl methyl sites for hydroxylation is 2. The Balaban J connectivity index is 2.07. The fourth-order valence-electron chi connectivity index (χ4n) is 2.34. The first-order valence-corrected chi connectivity index (χ1v) is 6.98. The Bertz CT molecular complexity index is 564. The lowest BCUT2D eigenvalue weighted by atomic mass is 10.1. The summed E-state index contributed by atoms with van der Waals surface area (Å²) < 4.78 is 15.7. The monoisotopic (exact) mass is 275 g/mol. The van der Waals surface area contributed by atoms with Crippen LogP contribution in [-0.2, 0) is 13.1 Å². The van der Waals surface area contributed by atoms with Gasteiger partial charge in [0.1, 0.15) is 5.82 Å². The number of nitrogens with zero attached hydrogens (tertiary/aromatic N) is 2. The van der Waals surface area contributed by atoms with Gasteiger partial charge < -0.3 is 9.88 Å². The van der Waals surface area contributed by atoms with Gasteiger partial charge in [-0.05, 0) is 36.5 Å². The Morgan fingerprint density at radius 2 is 1.90 bits per heavy atom. The first-order chi connectivity index (χ1) is 9.47. The van der Waals surface area contributed by atoms with E-state index >= 15 is 0 Å². The molecular weight excluding hydrogens is 253 g/mol. The Labute approximate surface area is 119 Å². The lowest BCUT2D eigenvalue weighted by Gasteiger charge is -2.12. The molecule has 2 aromatic rings. The minimum absolute atomic E-state index is 0.116. The van der Waals surface area contributed by atoms with Crippen molar-refractivity contribution in [2.45, 2.75) is 40.8 Å². The molecule has 0 saturated carbocycles. The van der Waals surface area contributed by atoms with Crippen molar-refractivity contribution in [3.05, 3.63) is 47.0 Å². The van der Waals surface area contributed by atoms with Crippen molar-refractivity contribution in [1.29, 1.82) is 0 Å². The molecule has 1 heterocycles. The highest BCUT2D eigenvalue weighted by Crippen LogP contribution is 2.16. The molecule has 20 heavy (non-hydrogen) atoms. The molecule has 0 aliphatic rings. The smallest absolute Gasteiger partial charge is 0.203 e. The van der Waals surface area contributed by atoms with Crippen molar-refractivity contribution in [2.24, 2.45) is 5.92 Å². The second-order valence-electron chi connectivity index (χ2n) is 5.69. The van der Waals surface area contributed by atoms with Crippen LogP contribution in [0.1, 0.15) is 30.5 Å². The van der Waals surface area contributed by atoms with Crippen molar-refractivity contribution in [1.82, 2.24) is 9.55 Å². The number of anilines is 1. The van der Waals surface area contributed by atoms with E-state index in [1.165, 1.54) is 0 Å². The zero-order valence-electron chi connectivity index (χ0n) is 12.6. The highest BCUT2D eigenvalue weighted by atomic mass is 19.1. The van der Waals surface area contributed by atoms with Crippen LogP contribution in [0.4, 0.5) is 10.3 Å². The van der Waals surface area contributed by atoms with Crippen LogP contribution in [0.25, 0.3) is 0 Å². The molecule has 0 fully saturated rings. The Morgan fingerprint density at radius 1 is 1.25 bits per heavy atom. The molecule has 3 nitrogen and oxygen atoms in total. The Kier molecular flexibility index (Phi) is 4.42. The van der Waals surface area contributed by atoms with Crippen molar-refractivity contribution in [3.63, 3.8) is 0 Å². The molecule has 1 N–H and O–H groups in total. The fourth-order valence-corrected chi connectivity index (χ4v) is 2.34. The number of hydrogen-bond acceptors (Lipinski definition) is 2. The van der Waals surface area contributed by atoms with E-state index in [4.69, 9.17) is 0 Å². The summed E-state index contributed by atoms with van der Waals surface area (Å²) in [6.45, 7) is 9.53. The number of halogens is 1. The number of aromatic nitrogens is 2. The molecule has 2 rings (SSSR count). The van der Waals surface area contributed by atoms with Gasteiger partial charge in [0.15, 0.2) is 0 Å². The Hall–Kier alpha value is -1.84. The largest absolute Gasteiger partial charge is 0.352 e. The third-order valence-corrected chi connectivity index (χ3v) is 3.22. The van der Waals surface area contributed by atoms with Crippen molar-refractivity contribution in [3.8, 4) is 0 Å². The molecular formula is C16H22FN3. The van der Waals surface area contributed by atoms with Gasteiger partial charge in [0, 0.05) is 25.5 Å². The SMILES string of the molecule is Cc1cc(CNc2nccn2CC(C)C)cc(C)c1F.